The van der Waals surface area contributed by atoms with Crippen LogP contribution >= 0.6 is 0 Å². The van der Waals surface area contributed by atoms with Crippen molar-refractivity contribution in [2.24, 2.45) is 0 Å². The lowest BCUT2D eigenvalue weighted by molar-refractivity contribution is 0.434. The van der Waals surface area contributed by atoms with Crippen LogP contribution in [-0.2, 0) is 16.6 Å². The summed E-state index contributed by atoms with van der Waals surface area (Å²) in [7, 11) is -3.06. The summed E-state index contributed by atoms with van der Waals surface area (Å²) < 4.78 is 24.4. The fraction of sp³-hybridized carbons (Fsp3) is 0.500. The fourth-order valence-electron chi connectivity index (χ4n) is 1.50. The first-order valence-electron chi connectivity index (χ1n) is 4.62. The third-order valence-corrected chi connectivity index (χ3v) is 4.17. The van der Waals surface area contributed by atoms with Gasteiger partial charge in [0, 0.05) is 6.54 Å². The molecule has 2 rings (SSSR count). The molecule has 0 unspecified atom stereocenters. The lowest BCUT2D eigenvalue weighted by atomic mass is 10.4. The maximum atomic E-state index is 11.5. The molecular weight excluding hydrogens is 216 g/mol. The first kappa shape index (κ1) is 10.3. The van der Waals surface area contributed by atoms with Crippen molar-refractivity contribution in [3.8, 4) is 0 Å². The van der Waals surface area contributed by atoms with E-state index in [1.807, 2.05) is 0 Å². The molecule has 1 aromatic rings. The van der Waals surface area contributed by atoms with E-state index >= 15 is 0 Å². The highest BCUT2D eigenvalue weighted by atomic mass is 32.2. The second kappa shape index (κ2) is 3.74. The molecule has 0 amide bonds. The number of nitrogens with two attached hydrogens (primary N) is 1. The Kier molecular flexibility index (Phi) is 2.57. The van der Waals surface area contributed by atoms with Crippen LogP contribution in [0.3, 0.4) is 0 Å². The lowest BCUT2D eigenvalue weighted by Crippen LogP contribution is -2.25. The molecule has 0 saturated carbocycles. The summed E-state index contributed by atoms with van der Waals surface area (Å²) in [5.74, 6) is 0.568. The maximum absolute atomic E-state index is 11.5. The summed E-state index contributed by atoms with van der Waals surface area (Å²) in [5.41, 5.74) is 6.00. The first-order valence-corrected chi connectivity index (χ1v) is 6.23. The third kappa shape index (κ3) is 2.24. The zero-order valence-electron chi connectivity index (χ0n) is 8.13. The molecular formula is C8H12N4O2S. The molecule has 0 aliphatic carbocycles. The van der Waals surface area contributed by atoms with Crippen molar-refractivity contribution in [1.29, 1.82) is 0 Å². The van der Waals surface area contributed by atoms with Gasteiger partial charge in [-0.1, -0.05) is 0 Å². The van der Waals surface area contributed by atoms with Crippen molar-refractivity contribution in [2.75, 3.05) is 18.0 Å². The van der Waals surface area contributed by atoms with Gasteiger partial charge in [0.15, 0.2) is 0 Å². The Balaban J connectivity index is 2.12. The van der Waals surface area contributed by atoms with Crippen LogP contribution in [0.1, 0.15) is 12.1 Å². The van der Waals surface area contributed by atoms with E-state index in [-0.39, 0.29) is 12.3 Å². The fourth-order valence-corrected chi connectivity index (χ4v) is 2.98. The van der Waals surface area contributed by atoms with Crippen molar-refractivity contribution < 1.29 is 8.42 Å². The molecule has 15 heavy (non-hydrogen) atoms. The van der Waals surface area contributed by atoms with Gasteiger partial charge in [0.2, 0.25) is 10.0 Å². The average molecular weight is 228 g/mol. The molecule has 2 N–H and O–H groups in total. The van der Waals surface area contributed by atoms with Gasteiger partial charge in [0.1, 0.15) is 5.82 Å². The Morgan fingerprint density at radius 2 is 2.20 bits per heavy atom. The predicted octanol–water partition coefficient (Wildman–Crippen LogP) is -0.406. The van der Waals surface area contributed by atoms with Crippen LogP contribution < -0.4 is 5.73 Å². The second-order valence-corrected chi connectivity index (χ2v) is 5.52. The van der Waals surface area contributed by atoms with Crippen LogP contribution in [0.5, 0.6) is 0 Å². The van der Waals surface area contributed by atoms with Gasteiger partial charge in [0.05, 0.1) is 30.4 Å². The van der Waals surface area contributed by atoms with Crippen molar-refractivity contribution in [1.82, 2.24) is 14.3 Å². The molecule has 1 aliphatic rings. The highest BCUT2D eigenvalue weighted by molar-refractivity contribution is 7.89. The number of aromatic nitrogens is 2. The van der Waals surface area contributed by atoms with E-state index in [0.29, 0.717) is 24.5 Å². The van der Waals surface area contributed by atoms with Crippen molar-refractivity contribution in [3.05, 3.63) is 18.1 Å². The van der Waals surface area contributed by atoms with E-state index in [9.17, 15) is 8.42 Å². The van der Waals surface area contributed by atoms with E-state index in [1.54, 1.807) is 0 Å². The van der Waals surface area contributed by atoms with Crippen LogP contribution in [0.2, 0.25) is 0 Å². The SMILES string of the molecule is Nc1cnc(CN2CCCS2(=O)=O)cn1. The Hall–Kier alpha value is -1.21. The summed E-state index contributed by atoms with van der Waals surface area (Å²) in [4.78, 5) is 7.88. The topological polar surface area (TPSA) is 89.2 Å². The lowest BCUT2D eigenvalue weighted by Gasteiger charge is -2.12. The van der Waals surface area contributed by atoms with Crippen LogP contribution in [-0.4, -0.2) is 35.0 Å². The quantitative estimate of drug-likeness (QED) is 0.743. The molecule has 2 heterocycles. The summed E-state index contributed by atoms with van der Waals surface area (Å²) >= 11 is 0. The molecule has 0 spiro atoms. The Labute approximate surface area is 88.2 Å². The Bertz CT molecular complexity index is 442. The second-order valence-electron chi connectivity index (χ2n) is 3.44. The van der Waals surface area contributed by atoms with Gasteiger partial charge in [-0.2, -0.15) is 4.31 Å². The Morgan fingerprint density at radius 3 is 2.73 bits per heavy atom. The van der Waals surface area contributed by atoms with Crippen LogP contribution in [0.15, 0.2) is 12.4 Å². The number of sulfonamides is 1. The molecule has 1 saturated heterocycles. The Morgan fingerprint density at radius 1 is 1.40 bits per heavy atom. The van der Waals surface area contributed by atoms with Gasteiger partial charge in [0.25, 0.3) is 0 Å². The number of nitrogen functional groups attached to an aromatic ring is 1. The molecule has 6 nitrogen and oxygen atoms in total. The van der Waals surface area contributed by atoms with E-state index in [1.165, 1.54) is 16.7 Å². The third-order valence-electron chi connectivity index (χ3n) is 2.27. The predicted molar refractivity (Wildman–Crippen MR) is 55.3 cm³/mol. The highest BCUT2D eigenvalue weighted by Gasteiger charge is 2.28. The van der Waals surface area contributed by atoms with Crippen LogP contribution in [0.25, 0.3) is 0 Å². The number of nitrogens with zero attached hydrogens (tertiary/aromatic N) is 3. The molecule has 0 aromatic carbocycles. The number of hydrogen-bond acceptors (Lipinski definition) is 5. The van der Waals surface area contributed by atoms with Crippen LogP contribution in [0.4, 0.5) is 5.82 Å². The van der Waals surface area contributed by atoms with E-state index < -0.39 is 10.0 Å². The van der Waals surface area contributed by atoms with Gasteiger partial charge in [-0.05, 0) is 6.42 Å². The van der Waals surface area contributed by atoms with Crippen molar-refractivity contribution >= 4 is 15.8 Å². The van der Waals surface area contributed by atoms with Gasteiger partial charge >= 0.3 is 0 Å². The van der Waals surface area contributed by atoms with E-state index in [0.717, 1.165) is 0 Å². The van der Waals surface area contributed by atoms with Gasteiger partial charge in [-0.25, -0.2) is 13.4 Å². The van der Waals surface area contributed by atoms with Gasteiger partial charge in [-0.3, -0.25) is 4.98 Å². The number of rotatable bonds is 2. The normalized spacial score (nSPS) is 20.5. The van der Waals surface area contributed by atoms with Gasteiger partial charge in [-0.15, -0.1) is 0 Å². The zero-order valence-corrected chi connectivity index (χ0v) is 8.94. The standard InChI is InChI=1S/C8H12N4O2S/c9-8-5-10-7(4-11-8)6-12-2-1-3-15(12,13)14/h4-5H,1-3,6H2,(H2,9,11). The van der Waals surface area contributed by atoms with E-state index in [4.69, 9.17) is 5.73 Å². The summed E-state index contributed by atoms with van der Waals surface area (Å²) in [6, 6.07) is 0. The number of hydrogen-bond donors (Lipinski definition) is 1. The average Bonchev–Trinajstić information content (AvgIpc) is 2.50. The summed E-state index contributed by atoms with van der Waals surface area (Å²) in [6.07, 6.45) is 3.62. The molecule has 82 valence electrons. The first-order chi connectivity index (χ1) is 7.08. The minimum absolute atomic E-state index is 0.232. The molecule has 1 fully saturated rings. The largest absolute Gasteiger partial charge is 0.382 e. The van der Waals surface area contributed by atoms with Crippen LogP contribution in [0, 0.1) is 0 Å². The molecule has 1 aromatic heterocycles. The summed E-state index contributed by atoms with van der Waals surface area (Å²) in [6.45, 7) is 0.851. The molecule has 7 heteroatoms. The summed E-state index contributed by atoms with van der Waals surface area (Å²) in [5, 5.41) is 0. The molecule has 0 bridgehead atoms. The monoisotopic (exact) mass is 228 g/mol. The van der Waals surface area contributed by atoms with Crippen molar-refractivity contribution in [2.45, 2.75) is 13.0 Å². The van der Waals surface area contributed by atoms with Crippen molar-refractivity contribution in [3.63, 3.8) is 0 Å². The highest BCUT2D eigenvalue weighted by Crippen LogP contribution is 2.15. The molecule has 0 radical (unpaired) electrons. The smallest absolute Gasteiger partial charge is 0.214 e. The zero-order chi connectivity index (χ0) is 10.9. The molecule has 0 atom stereocenters. The molecule has 1 aliphatic heterocycles. The van der Waals surface area contributed by atoms with Gasteiger partial charge < -0.3 is 5.73 Å². The maximum Gasteiger partial charge on any atom is 0.214 e. The number of anilines is 1. The van der Waals surface area contributed by atoms with E-state index in [2.05, 4.69) is 9.97 Å². The minimum atomic E-state index is -3.06. The minimum Gasteiger partial charge on any atom is -0.382 e.